The van der Waals surface area contributed by atoms with E-state index in [1.807, 2.05) is 24.3 Å². The summed E-state index contributed by atoms with van der Waals surface area (Å²) in [6.07, 6.45) is 6.68. The molecule has 3 N–H and O–H groups in total. The summed E-state index contributed by atoms with van der Waals surface area (Å²) in [5.41, 5.74) is 8.91. The minimum Gasteiger partial charge on any atom is -0.325 e. The van der Waals surface area contributed by atoms with Crippen LogP contribution < -0.4 is 11.1 Å². The maximum absolute atomic E-state index is 12.2. The molecule has 1 aliphatic rings. The first-order valence-electron chi connectivity index (χ1n) is 7.69. The maximum Gasteiger partial charge on any atom is 0.255 e. The highest BCUT2D eigenvalue weighted by Crippen LogP contribution is 2.41. The summed E-state index contributed by atoms with van der Waals surface area (Å²) >= 11 is 0. The number of nitrogens with two attached hydrogens (primary N) is 1. The number of hydrogen-bond donors (Lipinski definition) is 2. The molecule has 0 saturated heterocycles. The Bertz CT molecular complexity index is 648. The van der Waals surface area contributed by atoms with Crippen molar-refractivity contribution in [1.82, 2.24) is 4.98 Å². The molecule has 4 heteroatoms. The van der Waals surface area contributed by atoms with Crippen molar-refractivity contribution in [1.29, 1.82) is 0 Å². The number of carbonyl (C=O) groups is 1. The molecule has 0 radical (unpaired) electrons. The number of aromatic nitrogens is 1. The number of benzene rings is 1. The van der Waals surface area contributed by atoms with Crippen LogP contribution in [-0.2, 0) is 0 Å². The summed E-state index contributed by atoms with van der Waals surface area (Å²) in [7, 11) is 0. The lowest BCUT2D eigenvalue weighted by molar-refractivity contribution is 0.102. The zero-order valence-electron chi connectivity index (χ0n) is 12.8. The fourth-order valence-corrected chi connectivity index (χ4v) is 2.91. The van der Waals surface area contributed by atoms with Gasteiger partial charge in [-0.25, -0.2) is 0 Å². The Labute approximate surface area is 130 Å². The van der Waals surface area contributed by atoms with Gasteiger partial charge in [0.2, 0.25) is 0 Å². The van der Waals surface area contributed by atoms with Crippen molar-refractivity contribution in [2.75, 3.05) is 5.32 Å². The Morgan fingerprint density at radius 2 is 1.82 bits per heavy atom. The third kappa shape index (κ3) is 2.88. The number of nitrogens with one attached hydrogen (secondary N) is 1. The van der Waals surface area contributed by atoms with E-state index >= 15 is 0 Å². The molecule has 1 aromatic heterocycles. The van der Waals surface area contributed by atoms with Gasteiger partial charge in [-0.05, 0) is 55.0 Å². The fourth-order valence-electron chi connectivity index (χ4n) is 2.91. The van der Waals surface area contributed by atoms with Gasteiger partial charge in [0.25, 0.3) is 5.91 Å². The Kier molecular flexibility index (Phi) is 3.94. The Hall–Kier alpha value is -2.20. The first-order valence-corrected chi connectivity index (χ1v) is 7.69. The van der Waals surface area contributed by atoms with Crippen LogP contribution in [0.1, 0.15) is 48.0 Å². The van der Waals surface area contributed by atoms with Crippen LogP contribution in [0.3, 0.4) is 0 Å². The maximum atomic E-state index is 12.2. The molecule has 1 heterocycles. The Morgan fingerprint density at radius 3 is 2.36 bits per heavy atom. The first-order chi connectivity index (χ1) is 10.6. The predicted molar refractivity (Wildman–Crippen MR) is 87.8 cm³/mol. The summed E-state index contributed by atoms with van der Waals surface area (Å²) in [6, 6.07) is 11.3. The fraction of sp³-hybridized carbons (Fsp3) is 0.333. The number of rotatable bonds is 4. The molecule has 1 saturated carbocycles. The van der Waals surface area contributed by atoms with E-state index < -0.39 is 0 Å². The van der Waals surface area contributed by atoms with Gasteiger partial charge < -0.3 is 11.1 Å². The van der Waals surface area contributed by atoms with E-state index in [2.05, 4.69) is 17.2 Å². The summed E-state index contributed by atoms with van der Waals surface area (Å²) in [6.45, 7) is 2.17. The van der Waals surface area contributed by atoms with Crippen molar-refractivity contribution in [3.05, 3.63) is 59.9 Å². The molecule has 1 unspecified atom stereocenters. The van der Waals surface area contributed by atoms with Crippen molar-refractivity contribution in [3.63, 3.8) is 0 Å². The number of hydrogen-bond acceptors (Lipinski definition) is 3. The van der Waals surface area contributed by atoms with Crippen LogP contribution in [0.2, 0.25) is 0 Å². The van der Waals surface area contributed by atoms with Crippen molar-refractivity contribution in [2.24, 2.45) is 5.73 Å². The lowest BCUT2D eigenvalue weighted by atomic mass is 9.67. The van der Waals surface area contributed by atoms with E-state index in [1.54, 1.807) is 24.5 Å². The molecule has 4 nitrogen and oxygen atoms in total. The topological polar surface area (TPSA) is 68.0 Å². The molecule has 1 fully saturated rings. The molecule has 0 spiro atoms. The molecule has 0 bridgehead atoms. The van der Waals surface area contributed by atoms with E-state index in [1.165, 1.54) is 12.0 Å². The quantitative estimate of drug-likeness (QED) is 0.909. The van der Waals surface area contributed by atoms with Crippen LogP contribution in [0.25, 0.3) is 0 Å². The highest BCUT2D eigenvalue weighted by atomic mass is 16.1. The molecular weight excluding hydrogens is 274 g/mol. The molecule has 114 valence electrons. The molecule has 1 atom stereocenters. The highest BCUT2D eigenvalue weighted by molar-refractivity contribution is 6.04. The Balaban J connectivity index is 1.70. The van der Waals surface area contributed by atoms with Crippen molar-refractivity contribution < 1.29 is 4.79 Å². The largest absolute Gasteiger partial charge is 0.325 e. The molecular formula is C18H21N3O. The van der Waals surface area contributed by atoms with Gasteiger partial charge in [-0.1, -0.05) is 19.1 Å². The van der Waals surface area contributed by atoms with Crippen LogP contribution in [0.15, 0.2) is 48.8 Å². The summed E-state index contributed by atoms with van der Waals surface area (Å²) < 4.78 is 0. The van der Waals surface area contributed by atoms with Gasteiger partial charge in [-0.15, -0.1) is 0 Å². The van der Waals surface area contributed by atoms with Crippen LogP contribution in [-0.4, -0.2) is 16.4 Å². The minimum absolute atomic E-state index is 0.0686. The smallest absolute Gasteiger partial charge is 0.255 e. The van der Waals surface area contributed by atoms with E-state index in [9.17, 15) is 4.79 Å². The van der Waals surface area contributed by atoms with Crippen LogP contribution in [0.4, 0.5) is 5.69 Å². The summed E-state index contributed by atoms with van der Waals surface area (Å²) in [5, 5.41) is 2.86. The average Bonchev–Trinajstić information content (AvgIpc) is 2.53. The lowest BCUT2D eigenvalue weighted by Gasteiger charge is -2.43. The number of anilines is 1. The molecule has 3 rings (SSSR count). The molecule has 0 aliphatic heterocycles. The van der Waals surface area contributed by atoms with Gasteiger partial charge in [0.1, 0.15) is 0 Å². The van der Waals surface area contributed by atoms with E-state index in [0.717, 1.165) is 18.5 Å². The van der Waals surface area contributed by atoms with Crippen LogP contribution in [0, 0.1) is 0 Å². The van der Waals surface area contributed by atoms with Gasteiger partial charge in [-0.2, -0.15) is 0 Å². The van der Waals surface area contributed by atoms with Gasteiger partial charge in [-0.3, -0.25) is 9.78 Å². The van der Waals surface area contributed by atoms with Crippen LogP contribution >= 0.6 is 0 Å². The van der Waals surface area contributed by atoms with Gasteiger partial charge in [0, 0.05) is 29.2 Å². The van der Waals surface area contributed by atoms with Crippen LogP contribution in [0.5, 0.6) is 0 Å². The standard InChI is InChI=1S/C18H21N3O/c1-13(18(19)9-2-10-18)14-3-5-15(6-4-14)17(22)21-16-7-11-20-12-8-16/h3-8,11-13H,2,9-10,19H2,1H3,(H,20,21,22). The zero-order valence-corrected chi connectivity index (χ0v) is 12.8. The van der Waals surface area contributed by atoms with Gasteiger partial charge in [0.15, 0.2) is 0 Å². The van der Waals surface area contributed by atoms with Gasteiger partial charge >= 0.3 is 0 Å². The second-order valence-electron chi connectivity index (χ2n) is 6.12. The number of nitrogens with zero attached hydrogens (tertiary/aromatic N) is 1. The summed E-state index contributed by atoms with van der Waals surface area (Å²) in [5.74, 6) is 0.204. The van der Waals surface area contributed by atoms with Crippen molar-refractivity contribution in [3.8, 4) is 0 Å². The Morgan fingerprint density at radius 1 is 1.18 bits per heavy atom. The molecule has 1 amide bonds. The average molecular weight is 295 g/mol. The molecule has 22 heavy (non-hydrogen) atoms. The van der Waals surface area contributed by atoms with E-state index in [0.29, 0.717) is 11.5 Å². The van der Waals surface area contributed by atoms with Crippen molar-refractivity contribution >= 4 is 11.6 Å². The number of pyridine rings is 1. The van der Waals surface area contributed by atoms with Gasteiger partial charge in [0.05, 0.1) is 0 Å². The monoisotopic (exact) mass is 295 g/mol. The number of carbonyl (C=O) groups excluding carboxylic acids is 1. The lowest BCUT2D eigenvalue weighted by Crippen LogP contribution is -2.50. The predicted octanol–water partition coefficient (Wildman–Crippen LogP) is 3.32. The second kappa shape index (κ2) is 5.89. The molecule has 2 aromatic rings. The third-order valence-electron chi connectivity index (χ3n) is 4.76. The van der Waals surface area contributed by atoms with Crippen molar-refractivity contribution in [2.45, 2.75) is 37.6 Å². The molecule has 1 aliphatic carbocycles. The molecule has 1 aromatic carbocycles. The second-order valence-corrected chi connectivity index (χ2v) is 6.12. The third-order valence-corrected chi connectivity index (χ3v) is 4.76. The van der Waals surface area contributed by atoms with E-state index in [-0.39, 0.29) is 11.4 Å². The van der Waals surface area contributed by atoms with E-state index in [4.69, 9.17) is 5.73 Å². The first kappa shape index (κ1) is 14.7. The zero-order chi connectivity index (χ0) is 15.6. The highest BCUT2D eigenvalue weighted by Gasteiger charge is 2.38. The minimum atomic E-state index is -0.114. The SMILES string of the molecule is CC(c1ccc(C(=O)Nc2ccncc2)cc1)C1(N)CCC1. The summed E-state index contributed by atoms with van der Waals surface area (Å²) in [4.78, 5) is 16.1. The number of amides is 1. The normalized spacial score (nSPS) is 17.4.